The van der Waals surface area contributed by atoms with Gasteiger partial charge in [-0.2, -0.15) is 0 Å². The van der Waals surface area contributed by atoms with Gasteiger partial charge in [-0.1, -0.05) is 6.08 Å². The molecule has 1 aromatic rings. The molecule has 0 aromatic carbocycles. The first-order chi connectivity index (χ1) is 4.79. The van der Waals surface area contributed by atoms with Crippen molar-refractivity contribution in [2.75, 3.05) is 0 Å². The van der Waals surface area contributed by atoms with Crippen LogP contribution >= 0.6 is 11.3 Å². The highest BCUT2D eigenvalue weighted by Gasteiger charge is 1.87. The lowest BCUT2D eigenvalue weighted by Gasteiger charge is -1.90. The predicted octanol–water partition coefficient (Wildman–Crippen LogP) is 1.50. The van der Waals surface area contributed by atoms with E-state index in [4.69, 9.17) is 5.73 Å². The van der Waals surface area contributed by atoms with Crippen molar-refractivity contribution < 1.29 is 0 Å². The van der Waals surface area contributed by atoms with E-state index in [1.807, 2.05) is 25.3 Å². The van der Waals surface area contributed by atoms with Crippen LogP contribution in [0.3, 0.4) is 0 Å². The van der Waals surface area contributed by atoms with Crippen molar-refractivity contribution in [3.63, 3.8) is 0 Å². The van der Waals surface area contributed by atoms with Crippen molar-refractivity contribution >= 4 is 17.4 Å². The Balaban J connectivity index is 2.55. The summed E-state index contributed by atoms with van der Waals surface area (Å²) in [5.74, 6) is 0. The lowest BCUT2D eigenvalue weighted by atomic mass is 10.3. The van der Waals surface area contributed by atoms with Crippen molar-refractivity contribution in [1.29, 1.82) is 0 Å². The summed E-state index contributed by atoms with van der Waals surface area (Å²) in [5.41, 5.74) is 7.31. The maximum atomic E-state index is 5.51. The van der Waals surface area contributed by atoms with Crippen LogP contribution < -0.4 is 5.73 Å². The van der Waals surface area contributed by atoms with Crippen LogP contribution in [0.15, 0.2) is 17.8 Å². The van der Waals surface area contributed by atoms with Crippen LogP contribution in [0.2, 0.25) is 0 Å². The van der Waals surface area contributed by atoms with Gasteiger partial charge >= 0.3 is 0 Å². The molecule has 54 valence electrons. The van der Waals surface area contributed by atoms with Gasteiger partial charge in [0, 0.05) is 17.1 Å². The normalized spacial score (nSPS) is 14.2. The second-order valence-electron chi connectivity index (χ2n) is 2.12. The molecule has 1 unspecified atom stereocenters. The van der Waals surface area contributed by atoms with Crippen LogP contribution in [-0.4, -0.2) is 11.0 Å². The van der Waals surface area contributed by atoms with E-state index in [0.717, 1.165) is 4.88 Å². The summed E-state index contributed by atoms with van der Waals surface area (Å²) < 4.78 is 0. The van der Waals surface area contributed by atoms with Crippen LogP contribution in [0.5, 0.6) is 0 Å². The molecule has 0 aliphatic heterocycles. The monoisotopic (exact) mass is 154 g/mol. The van der Waals surface area contributed by atoms with E-state index in [2.05, 4.69) is 4.98 Å². The van der Waals surface area contributed by atoms with E-state index in [1.54, 1.807) is 16.8 Å². The highest BCUT2D eigenvalue weighted by molar-refractivity contribution is 7.10. The third-order valence-corrected chi connectivity index (χ3v) is 1.76. The topological polar surface area (TPSA) is 38.9 Å². The molecule has 0 saturated heterocycles. The molecule has 0 aliphatic carbocycles. The van der Waals surface area contributed by atoms with Crippen molar-refractivity contribution in [3.05, 3.63) is 22.7 Å². The highest BCUT2D eigenvalue weighted by Crippen LogP contribution is 2.07. The molecular weight excluding hydrogens is 144 g/mol. The van der Waals surface area contributed by atoms with Gasteiger partial charge in [-0.3, -0.25) is 4.98 Å². The molecule has 1 heterocycles. The van der Waals surface area contributed by atoms with E-state index < -0.39 is 0 Å². The van der Waals surface area contributed by atoms with E-state index in [1.165, 1.54) is 0 Å². The van der Waals surface area contributed by atoms with Crippen LogP contribution in [-0.2, 0) is 0 Å². The zero-order valence-corrected chi connectivity index (χ0v) is 6.64. The fourth-order valence-corrected chi connectivity index (χ4v) is 1.08. The average Bonchev–Trinajstić information content (AvgIpc) is 2.34. The first kappa shape index (κ1) is 7.44. The molecule has 0 aliphatic rings. The first-order valence-electron chi connectivity index (χ1n) is 3.11. The third kappa shape index (κ3) is 2.29. The lowest BCUT2D eigenvalue weighted by Crippen LogP contribution is -2.09. The summed E-state index contributed by atoms with van der Waals surface area (Å²) in [7, 11) is 0. The minimum absolute atomic E-state index is 0.127. The third-order valence-electron chi connectivity index (χ3n) is 1.02. The van der Waals surface area contributed by atoms with Gasteiger partial charge in [-0.25, -0.2) is 0 Å². The van der Waals surface area contributed by atoms with Gasteiger partial charge in [0.2, 0.25) is 0 Å². The van der Waals surface area contributed by atoms with Gasteiger partial charge in [-0.05, 0) is 13.0 Å². The standard InChI is InChI=1S/C7H10N2S/c1-6(8)2-3-7-4-9-5-10-7/h2-6H,8H2,1H3/b3-2+. The Kier molecular flexibility index (Phi) is 2.59. The molecule has 0 radical (unpaired) electrons. The maximum absolute atomic E-state index is 5.51. The van der Waals surface area contributed by atoms with Gasteiger partial charge in [-0.15, -0.1) is 11.3 Å². The largest absolute Gasteiger partial charge is 0.325 e. The molecule has 0 bridgehead atoms. The molecule has 2 N–H and O–H groups in total. The summed E-state index contributed by atoms with van der Waals surface area (Å²) in [4.78, 5) is 5.08. The molecule has 1 atom stereocenters. The molecule has 1 rings (SSSR count). The Morgan fingerprint density at radius 1 is 1.80 bits per heavy atom. The number of rotatable bonds is 2. The van der Waals surface area contributed by atoms with Gasteiger partial charge in [0.1, 0.15) is 0 Å². The Labute approximate surface area is 64.4 Å². The van der Waals surface area contributed by atoms with Crippen LogP contribution in [0.4, 0.5) is 0 Å². The number of hydrogen-bond donors (Lipinski definition) is 1. The van der Waals surface area contributed by atoms with Crippen molar-refractivity contribution in [2.24, 2.45) is 5.73 Å². The maximum Gasteiger partial charge on any atom is 0.0797 e. The Hall–Kier alpha value is -0.670. The summed E-state index contributed by atoms with van der Waals surface area (Å²) in [6.07, 6.45) is 5.76. The van der Waals surface area contributed by atoms with Gasteiger partial charge in [0.25, 0.3) is 0 Å². The Morgan fingerprint density at radius 3 is 3.10 bits per heavy atom. The van der Waals surface area contributed by atoms with Crippen LogP contribution in [0.25, 0.3) is 6.08 Å². The number of hydrogen-bond acceptors (Lipinski definition) is 3. The summed E-state index contributed by atoms with van der Waals surface area (Å²) in [6, 6.07) is 0.127. The number of nitrogens with two attached hydrogens (primary N) is 1. The fourth-order valence-electron chi connectivity index (χ4n) is 0.555. The summed E-state index contributed by atoms with van der Waals surface area (Å²) >= 11 is 1.61. The van der Waals surface area contributed by atoms with Crippen LogP contribution in [0.1, 0.15) is 11.8 Å². The van der Waals surface area contributed by atoms with Crippen molar-refractivity contribution in [2.45, 2.75) is 13.0 Å². The van der Waals surface area contributed by atoms with Crippen molar-refractivity contribution in [3.8, 4) is 0 Å². The smallest absolute Gasteiger partial charge is 0.0797 e. The van der Waals surface area contributed by atoms with Gasteiger partial charge in [0.05, 0.1) is 5.51 Å². The molecule has 1 aromatic heterocycles. The molecule has 0 spiro atoms. The molecule has 2 nitrogen and oxygen atoms in total. The summed E-state index contributed by atoms with van der Waals surface area (Å²) in [5, 5.41) is 0. The minimum Gasteiger partial charge on any atom is -0.325 e. The number of thiazole rings is 1. The Bertz CT molecular complexity index is 201. The SMILES string of the molecule is CC(N)/C=C/c1cncs1. The average molecular weight is 154 g/mol. The van der Waals surface area contributed by atoms with Crippen LogP contribution in [0, 0.1) is 0 Å². The fraction of sp³-hybridized carbons (Fsp3) is 0.286. The molecule has 0 fully saturated rings. The van der Waals surface area contributed by atoms with E-state index in [0.29, 0.717) is 0 Å². The zero-order valence-electron chi connectivity index (χ0n) is 5.82. The number of aromatic nitrogens is 1. The molecule has 0 saturated carbocycles. The minimum atomic E-state index is 0.127. The molecule has 0 amide bonds. The van der Waals surface area contributed by atoms with Gasteiger partial charge < -0.3 is 5.73 Å². The van der Waals surface area contributed by atoms with E-state index in [-0.39, 0.29) is 6.04 Å². The highest BCUT2D eigenvalue weighted by atomic mass is 32.1. The van der Waals surface area contributed by atoms with E-state index >= 15 is 0 Å². The molecular formula is C7H10N2S. The second kappa shape index (κ2) is 3.49. The van der Waals surface area contributed by atoms with Crippen molar-refractivity contribution in [1.82, 2.24) is 4.98 Å². The first-order valence-corrected chi connectivity index (χ1v) is 3.99. The number of nitrogens with zero attached hydrogens (tertiary/aromatic N) is 1. The van der Waals surface area contributed by atoms with Gasteiger partial charge in [0.15, 0.2) is 0 Å². The quantitative estimate of drug-likeness (QED) is 0.701. The summed E-state index contributed by atoms with van der Waals surface area (Å²) in [6.45, 7) is 1.94. The molecule has 3 heteroatoms. The Morgan fingerprint density at radius 2 is 2.60 bits per heavy atom. The second-order valence-corrected chi connectivity index (χ2v) is 3.04. The predicted molar refractivity (Wildman–Crippen MR) is 44.8 cm³/mol. The zero-order chi connectivity index (χ0) is 7.40. The lowest BCUT2D eigenvalue weighted by molar-refractivity contribution is 0.931. The molecule has 10 heavy (non-hydrogen) atoms. The van der Waals surface area contributed by atoms with E-state index in [9.17, 15) is 0 Å².